The zero-order valence-electron chi connectivity index (χ0n) is 8.51. The molecule has 3 N–H and O–H groups in total. The number of fused-ring (bicyclic) bond motifs is 2. The minimum Gasteiger partial charge on any atom is -0.394 e. The lowest BCUT2D eigenvalue weighted by Gasteiger charge is -2.08. The second-order valence-electron chi connectivity index (χ2n) is 3.32. The highest BCUT2D eigenvalue weighted by atomic mass is 16.3. The van der Waals surface area contributed by atoms with Crippen molar-refractivity contribution in [2.24, 2.45) is 4.99 Å². The molecule has 0 aromatic carbocycles. The number of hydrogen-bond acceptors (Lipinski definition) is 7. The summed E-state index contributed by atoms with van der Waals surface area (Å²) in [6, 6.07) is 0. The van der Waals surface area contributed by atoms with E-state index in [0.717, 1.165) is 0 Å². The summed E-state index contributed by atoms with van der Waals surface area (Å²) in [4.78, 5) is 16.0. The Balaban J connectivity index is 2.21. The number of aromatic nitrogens is 6. The first-order valence-corrected chi connectivity index (χ1v) is 4.85. The van der Waals surface area contributed by atoms with Gasteiger partial charge in [-0.3, -0.25) is 9.79 Å². The monoisotopic (exact) mass is 233 g/mol. The van der Waals surface area contributed by atoms with Crippen LogP contribution in [0.1, 0.15) is 27.6 Å². The van der Waals surface area contributed by atoms with E-state index < -0.39 is 0 Å². The Labute approximate surface area is 94.0 Å². The molecule has 9 nitrogen and oxygen atoms in total. The molecule has 9 heteroatoms. The predicted octanol–water partition coefficient (Wildman–Crippen LogP) is -1.70. The van der Waals surface area contributed by atoms with Crippen LogP contribution in [0.2, 0.25) is 0 Å². The van der Waals surface area contributed by atoms with Crippen LogP contribution in [0.5, 0.6) is 0 Å². The van der Waals surface area contributed by atoms with Gasteiger partial charge in [-0.25, -0.2) is 0 Å². The third-order valence-corrected chi connectivity index (χ3v) is 2.34. The summed E-state index contributed by atoms with van der Waals surface area (Å²) in [6.07, 6.45) is 0. The van der Waals surface area contributed by atoms with Gasteiger partial charge in [-0.1, -0.05) is 0 Å². The van der Waals surface area contributed by atoms with E-state index >= 15 is 0 Å². The number of carbonyl (C=O) groups excluding carboxylic acids is 1. The zero-order valence-corrected chi connectivity index (χ0v) is 8.51. The Hall–Kier alpha value is -2.42. The number of carbonyl (C=O) groups is 1. The lowest BCUT2D eigenvalue weighted by molar-refractivity contribution is 0.102. The van der Waals surface area contributed by atoms with Gasteiger partial charge in [0.1, 0.15) is 17.1 Å². The van der Waals surface area contributed by atoms with Crippen molar-refractivity contribution in [2.75, 3.05) is 13.2 Å². The summed E-state index contributed by atoms with van der Waals surface area (Å²) in [7, 11) is 0. The van der Waals surface area contributed by atoms with Gasteiger partial charge >= 0.3 is 0 Å². The predicted molar refractivity (Wildman–Crippen MR) is 53.8 cm³/mol. The molecule has 0 bridgehead atoms. The summed E-state index contributed by atoms with van der Waals surface area (Å²) < 4.78 is 0. The van der Waals surface area contributed by atoms with Gasteiger partial charge in [0.25, 0.3) is 0 Å². The first kappa shape index (κ1) is 9.78. The Bertz CT molecular complexity index is 565. The first-order valence-electron chi connectivity index (χ1n) is 4.85. The number of aromatic amines is 2. The molecule has 0 saturated carbocycles. The maximum Gasteiger partial charge on any atom is 0.238 e. The Morgan fingerprint density at radius 3 is 2.06 bits per heavy atom. The van der Waals surface area contributed by atoms with Gasteiger partial charge < -0.3 is 5.11 Å². The van der Waals surface area contributed by atoms with Crippen LogP contribution in [0, 0.1) is 0 Å². The average molecular weight is 233 g/mol. The zero-order chi connectivity index (χ0) is 11.8. The maximum atomic E-state index is 11.9. The van der Waals surface area contributed by atoms with E-state index in [1.54, 1.807) is 0 Å². The molecule has 86 valence electrons. The van der Waals surface area contributed by atoms with Crippen molar-refractivity contribution >= 4 is 11.5 Å². The fraction of sp³-hybridized carbons (Fsp3) is 0.250. The highest BCUT2D eigenvalue weighted by Crippen LogP contribution is 2.21. The molecule has 0 unspecified atom stereocenters. The SMILES string of the molecule is O=C1c2n[nH]nc2C(=NCCO)c2n[nH]nc21. The molecule has 1 aliphatic rings. The minimum atomic E-state index is -0.347. The lowest BCUT2D eigenvalue weighted by Crippen LogP contribution is -2.22. The van der Waals surface area contributed by atoms with Crippen LogP contribution in [-0.2, 0) is 0 Å². The van der Waals surface area contributed by atoms with Gasteiger partial charge in [0, 0.05) is 0 Å². The van der Waals surface area contributed by atoms with Crippen LogP contribution in [-0.4, -0.2) is 60.6 Å². The summed E-state index contributed by atoms with van der Waals surface area (Å²) in [5, 5.41) is 28.8. The number of nitrogens with one attached hydrogen (secondary N) is 2. The molecule has 2 heterocycles. The van der Waals surface area contributed by atoms with E-state index in [-0.39, 0.29) is 30.3 Å². The Morgan fingerprint density at radius 1 is 1.00 bits per heavy atom. The minimum absolute atomic E-state index is 0.0994. The number of hydrogen-bond donors (Lipinski definition) is 3. The number of rotatable bonds is 2. The molecule has 0 amide bonds. The van der Waals surface area contributed by atoms with Crippen molar-refractivity contribution in [3.8, 4) is 0 Å². The number of aliphatic imine (C=N–C) groups is 1. The highest BCUT2D eigenvalue weighted by molar-refractivity contribution is 6.27. The van der Waals surface area contributed by atoms with E-state index in [2.05, 4.69) is 35.8 Å². The van der Waals surface area contributed by atoms with Crippen molar-refractivity contribution in [3.63, 3.8) is 0 Å². The Morgan fingerprint density at radius 2 is 1.53 bits per heavy atom. The molecule has 1 aliphatic carbocycles. The van der Waals surface area contributed by atoms with Crippen LogP contribution in [0.25, 0.3) is 0 Å². The fourth-order valence-electron chi connectivity index (χ4n) is 1.64. The molecule has 0 saturated heterocycles. The quantitative estimate of drug-likeness (QED) is 0.483. The second kappa shape index (κ2) is 3.56. The van der Waals surface area contributed by atoms with Gasteiger partial charge in [-0.15, -0.1) is 0 Å². The van der Waals surface area contributed by atoms with E-state index in [1.807, 2.05) is 0 Å². The van der Waals surface area contributed by atoms with Gasteiger partial charge in [0.05, 0.1) is 13.2 Å². The van der Waals surface area contributed by atoms with Crippen LogP contribution < -0.4 is 0 Å². The maximum absolute atomic E-state index is 11.9. The molecule has 0 atom stereocenters. The molecule has 0 radical (unpaired) electrons. The second-order valence-corrected chi connectivity index (χ2v) is 3.32. The summed E-state index contributed by atoms with van der Waals surface area (Å²) >= 11 is 0. The fourth-order valence-corrected chi connectivity index (χ4v) is 1.64. The normalized spacial score (nSPS) is 13.5. The van der Waals surface area contributed by atoms with Gasteiger partial charge in [-0.2, -0.15) is 30.8 Å². The molecular formula is C8H7N7O2. The molecule has 0 aliphatic heterocycles. The standard InChI is InChI=1S/C8H7N7O2/c16-2-1-9-3-4-6(12-14-10-4)8(17)7-5(3)11-15-13-7/h16H,1-2H2,(H,10,12,14)(H,11,13,15). The van der Waals surface area contributed by atoms with Crippen LogP contribution in [0.3, 0.4) is 0 Å². The summed E-state index contributed by atoms with van der Waals surface area (Å²) in [5.41, 5.74) is 1.42. The number of H-pyrrole nitrogens is 2. The van der Waals surface area contributed by atoms with E-state index in [1.165, 1.54) is 0 Å². The molecule has 2 aromatic rings. The van der Waals surface area contributed by atoms with E-state index in [0.29, 0.717) is 17.1 Å². The van der Waals surface area contributed by atoms with Crippen LogP contribution >= 0.6 is 0 Å². The van der Waals surface area contributed by atoms with Crippen LogP contribution in [0.4, 0.5) is 0 Å². The molecule has 3 rings (SSSR count). The van der Waals surface area contributed by atoms with Crippen molar-refractivity contribution in [2.45, 2.75) is 0 Å². The van der Waals surface area contributed by atoms with Crippen molar-refractivity contribution in [1.82, 2.24) is 30.8 Å². The Kier molecular flexibility index (Phi) is 2.05. The van der Waals surface area contributed by atoms with Crippen molar-refractivity contribution in [1.29, 1.82) is 0 Å². The molecule has 17 heavy (non-hydrogen) atoms. The molecule has 2 aromatic heterocycles. The summed E-state index contributed by atoms with van der Waals surface area (Å²) in [5.74, 6) is -0.347. The first-order chi connectivity index (χ1) is 8.33. The van der Waals surface area contributed by atoms with Gasteiger partial charge in [0.15, 0.2) is 11.4 Å². The lowest BCUT2D eigenvalue weighted by atomic mass is 9.98. The number of ketones is 1. The smallest absolute Gasteiger partial charge is 0.238 e. The van der Waals surface area contributed by atoms with Crippen molar-refractivity contribution < 1.29 is 9.90 Å². The van der Waals surface area contributed by atoms with Gasteiger partial charge in [-0.05, 0) is 0 Å². The van der Waals surface area contributed by atoms with Gasteiger partial charge in [0.2, 0.25) is 5.78 Å². The average Bonchev–Trinajstić information content (AvgIpc) is 2.97. The van der Waals surface area contributed by atoms with E-state index in [9.17, 15) is 4.79 Å². The largest absolute Gasteiger partial charge is 0.394 e. The molecule has 0 fully saturated rings. The summed E-state index contributed by atoms with van der Waals surface area (Å²) in [6.45, 7) is 0.0972. The highest BCUT2D eigenvalue weighted by Gasteiger charge is 2.35. The van der Waals surface area contributed by atoms with E-state index in [4.69, 9.17) is 5.11 Å². The third kappa shape index (κ3) is 1.29. The topological polar surface area (TPSA) is 133 Å². The number of aliphatic hydroxyl groups is 1. The molecular weight excluding hydrogens is 226 g/mol. The number of aliphatic hydroxyl groups excluding tert-OH is 1. The number of nitrogens with zero attached hydrogens (tertiary/aromatic N) is 5. The van der Waals surface area contributed by atoms with Crippen LogP contribution in [0.15, 0.2) is 4.99 Å². The third-order valence-electron chi connectivity index (χ3n) is 2.34. The van der Waals surface area contributed by atoms with Crippen molar-refractivity contribution in [3.05, 3.63) is 22.8 Å². The molecule has 0 spiro atoms.